The number of carboxylic acids is 1. The van der Waals surface area contributed by atoms with Crippen molar-refractivity contribution in [3.05, 3.63) is 131 Å². The minimum atomic E-state index is -1.03. The number of carboxylic acid groups (broad SMARTS) is 1. The van der Waals surface area contributed by atoms with Gasteiger partial charge in [-0.3, -0.25) is 9.78 Å². The molecule has 3 unspecified atom stereocenters. The Kier molecular flexibility index (Phi) is 9.41. The molecule has 0 aliphatic carbocycles. The predicted molar refractivity (Wildman–Crippen MR) is 167 cm³/mol. The number of pyridine rings is 1. The maximum absolute atomic E-state index is 12.7. The van der Waals surface area contributed by atoms with Crippen molar-refractivity contribution in [1.82, 2.24) is 20.3 Å². The number of ether oxygens (including phenoxy) is 2. The number of benzene rings is 3. The lowest BCUT2D eigenvalue weighted by Gasteiger charge is -2.36. The van der Waals surface area contributed by atoms with Gasteiger partial charge in [0.2, 0.25) is 0 Å². The third-order valence-corrected chi connectivity index (χ3v) is 8.55. The number of hydrogen-bond donors (Lipinski definition) is 3. The van der Waals surface area contributed by atoms with Crippen molar-refractivity contribution in [2.45, 2.75) is 43.1 Å². The molecule has 3 aromatic carbocycles. The smallest absolute Gasteiger partial charge is 0.338 e. The van der Waals surface area contributed by atoms with Gasteiger partial charge in [0.25, 0.3) is 5.91 Å². The van der Waals surface area contributed by atoms with Crippen LogP contribution in [0.3, 0.4) is 0 Å². The van der Waals surface area contributed by atoms with Crippen molar-refractivity contribution >= 4 is 34.7 Å². The molecular formula is C34H30N4O6S. The van der Waals surface area contributed by atoms with Gasteiger partial charge in [-0.1, -0.05) is 60.7 Å². The molecule has 10 nitrogen and oxygen atoms in total. The number of aliphatic hydroxyl groups excluding tert-OH is 1. The zero-order valence-corrected chi connectivity index (χ0v) is 24.9. The lowest BCUT2D eigenvalue weighted by molar-refractivity contribution is -0.245. The van der Waals surface area contributed by atoms with Crippen molar-refractivity contribution in [3.63, 3.8) is 0 Å². The zero-order chi connectivity index (χ0) is 31.2. The molecule has 1 fully saturated rings. The van der Waals surface area contributed by atoms with Crippen molar-refractivity contribution in [2.75, 3.05) is 5.75 Å². The van der Waals surface area contributed by atoms with Gasteiger partial charge in [0, 0.05) is 30.5 Å². The van der Waals surface area contributed by atoms with Gasteiger partial charge in [-0.2, -0.15) is 0 Å². The number of para-hydroxylation sites is 2. The van der Waals surface area contributed by atoms with E-state index in [0.29, 0.717) is 29.3 Å². The summed E-state index contributed by atoms with van der Waals surface area (Å²) in [6, 6.07) is 25.8. The van der Waals surface area contributed by atoms with Crippen LogP contribution in [0.25, 0.3) is 11.0 Å². The Hall–Kier alpha value is -4.68. The molecule has 1 aliphatic heterocycles. The topological polar surface area (TPSA) is 144 Å². The van der Waals surface area contributed by atoms with E-state index in [1.165, 1.54) is 24.0 Å². The number of nitrogens with zero attached hydrogens (tertiary/aromatic N) is 3. The molecule has 2 aromatic heterocycles. The number of fused-ring (bicyclic) bond motifs is 1. The second-order valence-corrected chi connectivity index (χ2v) is 11.5. The summed E-state index contributed by atoms with van der Waals surface area (Å²) in [5.74, 6) is -0.866. The van der Waals surface area contributed by atoms with E-state index in [1.807, 2.05) is 72.8 Å². The largest absolute Gasteiger partial charge is 0.478 e. The Bertz CT molecular complexity index is 1800. The van der Waals surface area contributed by atoms with Gasteiger partial charge in [0.15, 0.2) is 6.29 Å². The fourth-order valence-corrected chi connectivity index (χ4v) is 6.00. The minimum Gasteiger partial charge on any atom is -0.478 e. The van der Waals surface area contributed by atoms with Crippen LogP contribution >= 0.6 is 11.8 Å². The van der Waals surface area contributed by atoms with E-state index in [9.17, 15) is 19.8 Å². The van der Waals surface area contributed by atoms with Gasteiger partial charge < -0.3 is 25.0 Å². The predicted octanol–water partition coefficient (Wildman–Crippen LogP) is 5.48. The number of carbonyl (C=O) groups excluding carboxylic acids is 1. The molecule has 228 valence electrons. The van der Waals surface area contributed by atoms with Crippen LogP contribution < -0.4 is 5.32 Å². The van der Waals surface area contributed by atoms with E-state index >= 15 is 0 Å². The van der Waals surface area contributed by atoms with E-state index in [0.717, 1.165) is 27.8 Å². The number of aliphatic hydroxyl groups is 1. The third-order valence-electron chi connectivity index (χ3n) is 7.41. The van der Waals surface area contributed by atoms with E-state index in [1.54, 1.807) is 12.3 Å². The number of thioether (sulfide) groups is 1. The van der Waals surface area contributed by atoms with Crippen LogP contribution in [0.2, 0.25) is 0 Å². The van der Waals surface area contributed by atoms with Gasteiger partial charge in [-0.25, -0.2) is 14.8 Å². The number of aromatic nitrogens is 3. The van der Waals surface area contributed by atoms with E-state index < -0.39 is 12.3 Å². The van der Waals surface area contributed by atoms with Crippen LogP contribution in [0.15, 0.2) is 102 Å². The van der Waals surface area contributed by atoms with Crippen LogP contribution in [0.5, 0.6) is 0 Å². The quantitative estimate of drug-likeness (QED) is 0.171. The molecule has 11 heteroatoms. The Morgan fingerprint density at radius 2 is 1.60 bits per heavy atom. The molecule has 0 radical (unpaired) electrons. The zero-order valence-electron chi connectivity index (χ0n) is 24.1. The molecule has 0 saturated carbocycles. The van der Waals surface area contributed by atoms with Gasteiger partial charge in [0.1, 0.15) is 10.7 Å². The lowest BCUT2D eigenvalue weighted by atomic mass is 10.0. The SMILES string of the molecule is O=C(NCc1ccc(C2OC(CSc3ncccc3C(=O)O)CC(c3ccc(CO)cc3)O2)cc1)c1cnc2ccccc2n1. The first-order chi connectivity index (χ1) is 22.0. The Labute approximate surface area is 263 Å². The van der Waals surface area contributed by atoms with Crippen LogP contribution in [0.4, 0.5) is 0 Å². The Morgan fingerprint density at radius 1 is 0.867 bits per heavy atom. The van der Waals surface area contributed by atoms with Crippen molar-refractivity contribution in [1.29, 1.82) is 0 Å². The Morgan fingerprint density at radius 3 is 2.36 bits per heavy atom. The lowest BCUT2D eigenvalue weighted by Crippen LogP contribution is -2.31. The third kappa shape index (κ3) is 7.35. The molecule has 5 aromatic rings. The van der Waals surface area contributed by atoms with Gasteiger partial charge >= 0.3 is 5.97 Å². The highest BCUT2D eigenvalue weighted by molar-refractivity contribution is 7.99. The molecule has 1 amide bonds. The van der Waals surface area contributed by atoms with Gasteiger partial charge in [-0.05, 0) is 41.0 Å². The maximum atomic E-state index is 12.7. The first-order valence-corrected chi connectivity index (χ1v) is 15.4. The fraction of sp³-hybridized carbons (Fsp3) is 0.206. The molecule has 3 heterocycles. The van der Waals surface area contributed by atoms with Gasteiger partial charge in [0.05, 0.1) is 41.6 Å². The maximum Gasteiger partial charge on any atom is 0.338 e. The summed E-state index contributed by atoms with van der Waals surface area (Å²) < 4.78 is 12.8. The van der Waals surface area contributed by atoms with Crippen molar-refractivity contribution < 1.29 is 29.3 Å². The summed E-state index contributed by atoms with van der Waals surface area (Å²) in [7, 11) is 0. The summed E-state index contributed by atoms with van der Waals surface area (Å²) in [5, 5.41) is 22.4. The second-order valence-electron chi connectivity index (χ2n) is 10.5. The number of hydrogen-bond acceptors (Lipinski definition) is 9. The standard InChI is InChI=1S/C34H30N4O6S/c39-19-22-9-11-23(12-10-22)30-16-25(20-45-32-26(33(41)42)4-3-15-35-32)43-34(44-30)24-13-7-21(8-14-24)17-37-31(40)29-18-36-27-5-1-2-6-28(27)38-29/h1-15,18,25,30,34,39H,16-17,19-20H2,(H,37,40)(H,41,42). The molecule has 3 atom stereocenters. The first kappa shape index (κ1) is 30.4. The normalized spacial score (nSPS) is 18.0. The highest BCUT2D eigenvalue weighted by Gasteiger charge is 2.32. The van der Waals surface area contributed by atoms with E-state index in [2.05, 4.69) is 20.3 Å². The van der Waals surface area contributed by atoms with Crippen LogP contribution in [-0.4, -0.2) is 48.9 Å². The Balaban J connectivity index is 1.14. The van der Waals surface area contributed by atoms with Crippen LogP contribution in [0, 0.1) is 0 Å². The highest BCUT2D eigenvalue weighted by Crippen LogP contribution is 2.39. The average molecular weight is 623 g/mol. The molecule has 6 rings (SSSR count). The molecule has 1 saturated heterocycles. The van der Waals surface area contributed by atoms with Crippen molar-refractivity contribution in [2.24, 2.45) is 0 Å². The summed E-state index contributed by atoms with van der Waals surface area (Å²) >= 11 is 1.34. The minimum absolute atomic E-state index is 0.0464. The highest BCUT2D eigenvalue weighted by atomic mass is 32.2. The second kappa shape index (κ2) is 14.0. The van der Waals surface area contributed by atoms with Crippen molar-refractivity contribution in [3.8, 4) is 0 Å². The molecule has 45 heavy (non-hydrogen) atoms. The molecule has 0 spiro atoms. The average Bonchev–Trinajstić information content (AvgIpc) is 3.09. The molecule has 0 bridgehead atoms. The number of aromatic carboxylic acids is 1. The number of carbonyl (C=O) groups is 2. The molecule has 3 N–H and O–H groups in total. The van der Waals surface area contributed by atoms with E-state index in [-0.39, 0.29) is 36.0 Å². The number of amides is 1. The number of nitrogens with one attached hydrogen (secondary N) is 1. The summed E-state index contributed by atoms with van der Waals surface area (Å²) in [6.45, 7) is 0.254. The fourth-order valence-electron chi connectivity index (χ4n) is 5.00. The van der Waals surface area contributed by atoms with Gasteiger partial charge in [-0.15, -0.1) is 11.8 Å². The summed E-state index contributed by atoms with van der Waals surface area (Å²) in [5.41, 5.74) is 5.23. The first-order valence-electron chi connectivity index (χ1n) is 14.4. The molecule has 1 aliphatic rings. The van der Waals surface area contributed by atoms with Crippen LogP contribution in [-0.2, 0) is 22.6 Å². The summed E-state index contributed by atoms with van der Waals surface area (Å²) in [6.07, 6.45) is 2.38. The monoisotopic (exact) mass is 622 g/mol. The number of rotatable bonds is 10. The summed E-state index contributed by atoms with van der Waals surface area (Å²) in [4.78, 5) is 37.4. The van der Waals surface area contributed by atoms with Crippen LogP contribution in [0.1, 0.15) is 61.9 Å². The van der Waals surface area contributed by atoms with E-state index in [4.69, 9.17) is 9.47 Å². The molecular weight excluding hydrogens is 592 g/mol.